The van der Waals surface area contributed by atoms with Crippen molar-refractivity contribution in [2.75, 3.05) is 13.7 Å². The van der Waals surface area contributed by atoms with Gasteiger partial charge in [0, 0.05) is 37.9 Å². The van der Waals surface area contributed by atoms with E-state index < -0.39 is 6.29 Å². The first-order valence-corrected chi connectivity index (χ1v) is 9.14. The van der Waals surface area contributed by atoms with Crippen LogP contribution < -0.4 is 4.74 Å². The van der Waals surface area contributed by atoms with Gasteiger partial charge in [-0.1, -0.05) is 0 Å². The van der Waals surface area contributed by atoms with Gasteiger partial charge in [0.15, 0.2) is 12.6 Å². The highest BCUT2D eigenvalue weighted by Crippen LogP contribution is 2.23. The number of carbonyl (C=O) groups is 1. The van der Waals surface area contributed by atoms with E-state index in [9.17, 15) is 4.79 Å². The van der Waals surface area contributed by atoms with Gasteiger partial charge >= 0.3 is 0 Å². The first-order chi connectivity index (χ1) is 14.1. The van der Waals surface area contributed by atoms with Gasteiger partial charge < -0.3 is 14.2 Å². The fraction of sp³-hybridized carbons (Fsp3) is 0.350. The molecule has 0 bridgehead atoms. The molecular formula is C20H23N5O4. The summed E-state index contributed by atoms with van der Waals surface area (Å²) in [4.78, 5) is 23.9. The molecule has 0 amide bonds. The molecule has 0 aliphatic rings. The summed E-state index contributed by atoms with van der Waals surface area (Å²) in [7, 11) is 1.52. The molecule has 1 atom stereocenters. The van der Waals surface area contributed by atoms with Crippen LogP contribution in [0.5, 0.6) is 5.75 Å². The van der Waals surface area contributed by atoms with E-state index in [0.29, 0.717) is 29.0 Å². The van der Waals surface area contributed by atoms with E-state index >= 15 is 0 Å². The van der Waals surface area contributed by atoms with Gasteiger partial charge in [0.25, 0.3) is 0 Å². The van der Waals surface area contributed by atoms with Gasteiger partial charge in [0.2, 0.25) is 0 Å². The van der Waals surface area contributed by atoms with Crippen molar-refractivity contribution in [1.82, 2.24) is 24.7 Å². The zero-order valence-electron chi connectivity index (χ0n) is 16.6. The molecule has 152 valence electrons. The first kappa shape index (κ1) is 20.6. The lowest BCUT2D eigenvalue weighted by Crippen LogP contribution is -2.24. The highest BCUT2D eigenvalue weighted by molar-refractivity contribution is 5.78. The number of methoxy groups -OCH3 is 1. The Morgan fingerprint density at radius 1 is 1.14 bits per heavy atom. The number of pyridine rings is 1. The van der Waals surface area contributed by atoms with Crippen molar-refractivity contribution in [2.24, 2.45) is 0 Å². The Morgan fingerprint density at radius 2 is 1.97 bits per heavy atom. The number of hydrogen-bond donors (Lipinski definition) is 0. The van der Waals surface area contributed by atoms with Gasteiger partial charge in [-0.25, -0.2) is 0 Å². The fourth-order valence-electron chi connectivity index (χ4n) is 2.72. The quantitative estimate of drug-likeness (QED) is 0.380. The lowest BCUT2D eigenvalue weighted by atomic mass is 10.2. The van der Waals surface area contributed by atoms with E-state index in [-0.39, 0.29) is 19.3 Å². The fourth-order valence-corrected chi connectivity index (χ4v) is 2.72. The molecule has 0 spiro atoms. The first-order valence-electron chi connectivity index (χ1n) is 9.14. The molecule has 0 saturated heterocycles. The van der Waals surface area contributed by atoms with Gasteiger partial charge in [0.05, 0.1) is 29.8 Å². The van der Waals surface area contributed by atoms with Crippen LogP contribution in [0.4, 0.5) is 0 Å². The smallest absolute Gasteiger partial charge is 0.191 e. The van der Waals surface area contributed by atoms with Crippen molar-refractivity contribution in [1.29, 1.82) is 0 Å². The van der Waals surface area contributed by atoms with Gasteiger partial charge in [-0.2, -0.15) is 5.10 Å². The number of carbonyl (C=O) groups excluding carboxylic acids is 1. The monoisotopic (exact) mass is 397 g/mol. The molecular weight excluding hydrogens is 374 g/mol. The average Bonchev–Trinajstić information content (AvgIpc) is 3.24. The molecule has 0 aliphatic carbocycles. The third-order valence-corrected chi connectivity index (χ3v) is 4.16. The minimum atomic E-state index is -0.667. The van der Waals surface area contributed by atoms with E-state index in [1.807, 2.05) is 24.6 Å². The molecule has 3 aromatic rings. The molecule has 0 aromatic carbocycles. The Hall–Kier alpha value is -3.17. The maximum atomic E-state index is 11.1. The molecule has 0 aliphatic heterocycles. The molecule has 0 N–H and O–H groups in total. The number of nitrogens with zero attached hydrogens (tertiary/aromatic N) is 5. The largest absolute Gasteiger partial charge is 0.486 e. The summed E-state index contributed by atoms with van der Waals surface area (Å²) in [6.45, 7) is 4.35. The van der Waals surface area contributed by atoms with Crippen LogP contribution in [0.2, 0.25) is 0 Å². The molecule has 9 heteroatoms. The van der Waals surface area contributed by atoms with Crippen LogP contribution in [0.15, 0.2) is 43.1 Å². The van der Waals surface area contributed by atoms with Crippen LogP contribution in [0, 0.1) is 0 Å². The number of aromatic nitrogens is 5. The van der Waals surface area contributed by atoms with Crippen molar-refractivity contribution < 1.29 is 19.0 Å². The summed E-state index contributed by atoms with van der Waals surface area (Å²) in [5.41, 5.74) is 2.63. The molecule has 0 fully saturated rings. The Labute approximate surface area is 168 Å². The van der Waals surface area contributed by atoms with E-state index in [4.69, 9.17) is 14.2 Å². The minimum absolute atomic E-state index is 0.0859. The summed E-state index contributed by atoms with van der Waals surface area (Å²) < 4.78 is 18.7. The van der Waals surface area contributed by atoms with Crippen LogP contribution in [0.25, 0.3) is 11.4 Å². The third-order valence-electron chi connectivity index (χ3n) is 4.16. The predicted octanol–water partition coefficient (Wildman–Crippen LogP) is 2.70. The maximum absolute atomic E-state index is 11.1. The number of aldehydes is 1. The van der Waals surface area contributed by atoms with Crippen molar-refractivity contribution in [3.63, 3.8) is 0 Å². The standard InChI is InChI=1S/C20H23N5O4/c1-14(2)25-17(5-7-24-25)20-16(22-8-9-23-20)12-29-19(27-3)13-28-18-10-21-6-4-15(18)11-26/h4-11,14,19H,12-13H2,1-3H3. The highest BCUT2D eigenvalue weighted by atomic mass is 16.7. The molecule has 1 unspecified atom stereocenters. The number of ether oxygens (including phenoxy) is 3. The van der Waals surface area contributed by atoms with Crippen molar-refractivity contribution in [2.45, 2.75) is 32.8 Å². The highest BCUT2D eigenvalue weighted by Gasteiger charge is 2.17. The second-order valence-corrected chi connectivity index (χ2v) is 6.43. The van der Waals surface area contributed by atoms with Crippen LogP contribution in [0.1, 0.15) is 35.9 Å². The van der Waals surface area contributed by atoms with Gasteiger partial charge in [-0.15, -0.1) is 0 Å². The van der Waals surface area contributed by atoms with Crippen LogP contribution in [-0.2, 0) is 16.1 Å². The third kappa shape index (κ3) is 5.01. The van der Waals surface area contributed by atoms with E-state index in [1.165, 1.54) is 19.5 Å². The van der Waals surface area contributed by atoms with Crippen molar-refractivity contribution in [3.05, 3.63) is 54.4 Å². The summed E-state index contributed by atoms with van der Waals surface area (Å²) in [6, 6.07) is 3.66. The van der Waals surface area contributed by atoms with Crippen LogP contribution in [-0.4, -0.2) is 51.0 Å². The Morgan fingerprint density at radius 3 is 2.72 bits per heavy atom. The van der Waals surface area contributed by atoms with Gasteiger partial charge in [-0.05, 0) is 26.0 Å². The van der Waals surface area contributed by atoms with Gasteiger partial charge in [-0.3, -0.25) is 24.4 Å². The molecule has 3 rings (SSSR count). The summed E-state index contributed by atoms with van der Waals surface area (Å²) >= 11 is 0. The molecule has 0 radical (unpaired) electrons. The zero-order valence-corrected chi connectivity index (χ0v) is 16.6. The topological polar surface area (TPSA) is 101 Å². The Kier molecular flexibility index (Phi) is 6.99. The lowest BCUT2D eigenvalue weighted by molar-refractivity contribution is -0.149. The summed E-state index contributed by atoms with van der Waals surface area (Å²) in [5, 5.41) is 4.35. The van der Waals surface area contributed by atoms with Crippen molar-refractivity contribution in [3.8, 4) is 17.1 Å². The minimum Gasteiger partial charge on any atom is -0.486 e. The Bertz CT molecular complexity index is 944. The van der Waals surface area contributed by atoms with E-state index in [1.54, 1.807) is 24.7 Å². The molecule has 0 saturated carbocycles. The molecule has 3 heterocycles. The van der Waals surface area contributed by atoms with E-state index in [2.05, 4.69) is 20.1 Å². The molecule has 29 heavy (non-hydrogen) atoms. The van der Waals surface area contributed by atoms with Crippen LogP contribution in [0.3, 0.4) is 0 Å². The summed E-state index contributed by atoms with van der Waals surface area (Å²) in [6.07, 6.45) is 8.03. The number of rotatable bonds is 10. The predicted molar refractivity (Wildman–Crippen MR) is 104 cm³/mol. The summed E-state index contributed by atoms with van der Waals surface area (Å²) in [5.74, 6) is 0.370. The van der Waals surface area contributed by atoms with Gasteiger partial charge in [0.1, 0.15) is 18.1 Å². The normalized spacial score (nSPS) is 12.1. The van der Waals surface area contributed by atoms with Crippen LogP contribution >= 0.6 is 0 Å². The van der Waals surface area contributed by atoms with E-state index in [0.717, 1.165) is 5.69 Å². The second-order valence-electron chi connectivity index (χ2n) is 6.43. The number of hydrogen-bond acceptors (Lipinski definition) is 8. The molecule has 3 aromatic heterocycles. The lowest BCUT2D eigenvalue weighted by Gasteiger charge is -2.18. The second kappa shape index (κ2) is 9.85. The zero-order chi connectivity index (χ0) is 20.6. The maximum Gasteiger partial charge on any atom is 0.191 e. The Balaban J connectivity index is 1.69. The van der Waals surface area contributed by atoms with Crippen molar-refractivity contribution >= 4 is 6.29 Å². The molecule has 9 nitrogen and oxygen atoms in total. The SMILES string of the molecule is COC(COc1cnccc1C=O)OCc1nccnc1-c1ccnn1C(C)C. The average molecular weight is 397 g/mol.